The topological polar surface area (TPSA) is 18.5 Å². The maximum absolute atomic E-state index is 12.4. The fourth-order valence-corrected chi connectivity index (χ4v) is 3.06. The highest BCUT2D eigenvalue weighted by Gasteiger charge is 2.33. The predicted molar refractivity (Wildman–Crippen MR) is 88.2 cm³/mol. The summed E-state index contributed by atoms with van der Waals surface area (Å²) in [6.07, 6.45) is -4.77. The molecule has 0 aromatic heterocycles. The minimum atomic E-state index is -4.77. The second-order valence-corrected chi connectivity index (χ2v) is 6.65. The van der Waals surface area contributed by atoms with Gasteiger partial charge in [-0.15, -0.1) is 13.2 Å². The van der Waals surface area contributed by atoms with Crippen molar-refractivity contribution in [2.75, 3.05) is 0 Å². The summed E-state index contributed by atoms with van der Waals surface area (Å²) in [5, 5.41) is 0. The third-order valence-electron chi connectivity index (χ3n) is 3.07. The molecular formula is C15H7BrF3IO2. The van der Waals surface area contributed by atoms with Gasteiger partial charge in [-0.2, -0.15) is 0 Å². The van der Waals surface area contributed by atoms with Crippen LogP contribution >= 0.6 is 38.5 Å². The van der Waals surface area contributed by atoms with Crippen LogP contribution in [-0.2, 0) is 0 Å². The molecule has 1 heterocycles. The van der Waals surface area contributed by atoms with Crippen LogP contribution in [0.2, 0.25) is 0 Å². The molecular weight excluding hydrogens is 476 g/mol. The average Bonchev–Trinajstić information content (AvgIpc) is 2.40. The summed E-state index contributed by atoms with van der Waals surface area (Å²) >= 11 is 5.26. The average molecular weight is 483 g/mol. The Balaban J connectivity index is 2.08. The van der Waals surface area contributed by atoms with Crippen LogP contribution < -0.4 is 9.47 Å². The highest BCUT2D eigenvalue weighted by molar-refractivity contribution is 14.1. The first-order valence-electron chi connectivity index (χ1n) is 6.01. The summed E-state index contributed by atoms with van der Waals surface area (Å²) in [7, 11) is 0. The largest absolute Gasteiger partial charge is 0.573 e. The first-order valence-corrected chi connectivity index (χ1v) is 7.88. The van der Waals surface area contributed by atoms with E-state index in [2.05, 4.69) is 49.8 Å². The smallest absolute Gasteiger partial charge is 0.456 e. The molecule has 114 valence electrons. The summed E-state index contributed by atoms with van der Waals surface area (Å²) < 4.78 is 48.1. The van der Waals surface area contributed by atoms with Gasteiger partial charge in [0.1, 0.15) is 17.2 Å². The van der Waals surface area contributed by atoms with E-state index in [-0.39, 0.29) is 16.0 Å². The van der Waals surface area contributed by atoms with Crippen molar-refractivity contribution in [2.45, 2.75) is 6.36 Å². The molecule has 0 atom stereocenters. The molecule has 1 aliphatic rings. The van der Waals surface area contributed by atoms with E-state index in [1.54, 1.807) is 6.07 Å². The molecule has 1 aliphatic heterocycles. The zero-order chi connectivity index (χ0) is 16.1. The van der Waals surface area contributed by atoms with Crippen molar-refractivity contribution >= 4 is 44.1 Å². The molecule has 22 heavy (non-hydrogen) atoms. The van der Waals surface area contributed by atoms with Crippen LogP contribution in [0.15, 0.2) is 41.4 Å². The number of alkyl halides is 3. The maximum Gasteiger partial charge on any atom is 0.573 e. The fraction of sp³-hybridized carbons (Fsp3) is 0.0667. The minimum absolute atomic E-state index is 0.183. The van der Waals surface area contributed by atoms with Crippen LogP contribution in [0.4, 0.5) is 13.2 Å². The molecule has 3 rings (SSSR count). The first-order chi connectivity index (χ1) is 10.2. The van der Waals surface area contributed by atoms with E-state index in [1.165, 1.54) is 12.1 Å². The van der Waals surface area contributed by atoms with E-state index in [1.807, 2.05) is 12.1 Å². The Kier molecular flexibility index (Phi) is 3.88. The molecule has 0 N–H and O–H groups in total. The molecule has 0 fully saturated rings. The maximum atomic E-state index is 12.4. The van der Waals surface area contributed by atoms with Crippen LogP contribution in [0.3, 0.4) is 0 Å². The number of benzene rings is 2. The first kappa shape index (κ1) is 15.7. The predicted octanol–water partition coefficient (Wildman–Crippen LogP) is 6.12. The van der Waals surface area contributed by atoms with Gasteiger partial charge in [0.25, 0.3) is 0 Å². The fourth-order valence-electron chi connectivity index (χ4n) is 2.15. The van der Waals surface area contributed by atoms with Crippen LogP contribution in [0.1, 0.15) is 11.1 Å². The van der Waals surface area contributed by atoms with Gasteiger partial charge in [0, 0.05) is 20.8 Å². The molecule has 0 saturated heterocycles. The van der Waals surface area contributed by atoms with Crippen molar-refractivity contribution in [3.05, 3.63) is 56.1 Å². The quantitative estimate of drug-likeness (QED) is 0.389. The van der Waals surface area contributed by atoms with Gasteiger partial charge in [-0.25, -0.2) is 0 Å². The zero-order valence-electron chi connectivity index (χ0n) is 10.8. The molecule has 0 saturated carbocycles. The lowest BCUT2D eigenvalue weighted by atomic mass is 9.95. The van der Waals surface area contributed by atoms with Crippen molar-refractivity contribution < 1.29 is 22.6 Å². The van der Waals surface area contributed by atoms with E-state index >= 15 is 0 Å². The number of rotatable bonds is 1. The third-order valence-corrected chi connectivity index (χ3v) is 4.36. The second-order valence-electron chi connectivity index (χ2n) is 4.55. The van der Waals surface area contributed by atoms with Gasteiger partial charge in [-0.1, -0.05) is 6.58 Å². The Morgan fingerprint density at radius 2 is 1.77 bits per heavy atom. The molecule has 2 aromatic carbocycles. The lowest BCUT2D eigenvalue weighted by Gasteiger charge is -2.23. The van der Waals surface area contributed by atoms with E-state index in [4.69, 9.17) is 4.74 Å². The molecule has 0 spiro atoms. The molecule has 0 unspecified atom stereocenters. The molecule has 0 bridgehead atoms. The van der Waals surface area contributed by atoms with Gasteiger partial charge in [0.05, 0.1) is 4.47 Å². The number of halogens is 5. The van der Waals surface area contributed by atoms with Crippen molar-refractivity contribution in [1.29, 1.82) is 0 Å². The molecule has 7 heteroatoms. The second kappa shape index (κ2) is 5.45. The Hall–Kier alpha value is -1.22. The molecule has 2 aromatic rings. The minimum Gasteiger partial charge on any atom is -0.456 e. The number of ether oxygens (including phenoxy) is 2. The van der Waals surface area contributed by atoms with Gasteiger partial charge in [0.2, 0.25) is 0 Å². The van der Waals surface area contributed by atoms with Crippen LogP contribution in [0.25, 0.3) is 5.57 Å². The van der Waals surface area contributed by atoms with Crippen molar-refractivity contribution in [1.82, 2.24) is 0 Å². The van der Waals surface area contributed by atoms with Gasteiger partial charge >= 0.3 is 6.36 Å². The van der Waals surface area contributed by atoms with Gasteiger partial charge in [-0.05, 0) is 68.4 Å². The van der Waals surface area contributed by atoms with E-state index in [0.29, 0.717) is 16.9 Å². The van der Waals surface area contributed by atoms with Crippen LogP contribution in [0, 0.1) is 3.57 Å². The SMILES string of the molecule is C=C1c2cc(I)ccc2Oc2cc(OC(F)(F)F)c(Br)cc21. The summed E-state index contributed by atoms with van der Waals surface area (Å²) in [6.45, 7) is 4.02. The monoisotopic (exact) mass is 482 g/mol. The lowest BCUT2D eigenvalue weighted by molar-refractivity contribution is -0.274. The standard InChI is InChI=1S/C15H7BrF3IO2/c1-7-9-4-8(20)2-3-12(9)21-13-6-14(22-15(17,18)19)11(16)5-10(7)13/h2-6H,1H2. The molecule has 0 radical (unpaired) electrons. The van der Waals surface area contributed by atoms with Crippen LogP contribution in [-0.4, -0.2) is 6.36 Å². The summed E-state index contributed by atoms with van der Waals surface area (Å²) in [4.78, 5) is 0. The van der Waals surface area contributed by atoms with Gasteiger partial charge in [0.15, 0.2) is 0 Å². The normalized spacial score (nSPS) is 13.2. The lowest BCUT2D eigenvalue weighted by Crippen LogP contribution is -2.17. The Morgan fingerprint density at radius 3 is 2.45 bits per heavy atom. The Morgan fingerprint density at radius 1 is 1.09 bits per heavy atom. The van der Waals surface area contributed by atoms with Crippen molar-refractivity contribution in [3.8, 4) is 17.2 Å². The number of hydrogen-bond donors (Lipinski definition) is 0. The molecule has 0 amide bonds. The van der Waals surface area contributed by atoms with E-state index < -0.39 is 6.36 Å². The zero-order valence-corrected chi connectivity index (χ0v) is 14.5. The number of hydrogen-bond acceptors (Lipinski definition) is 2. The van der Waals surface area contributed by atoms with E-state index in [0.717, 1.165) is 9.13 Å². The number of fused-ring (bicyclic) bond motifs is 2. The summed E-state index contributed by atoms with van der Waals surface area (Å²) in [5.74, 6) is 0.479. The third kappa shape index (κ3) is 2.96. The highest BCUT2D eigenvalue weighted by atomic mass is 127. The van der Waals surface area contributed by atoms with E-state index in [9.17, 15) is 13.2 Å². The van der Waals surface area contributed by atoms with Gasteiger partial charge < -0.3 is 9.47 Å². The van der Waals surface area contributed by atoms with Crippen molar-refractivity contribution in [2.24, 2.45) is 0 Å². The molecule has 0 aliphatic carbocycles. The Bertz CT molecular complexity index is 787. The van der Waals surface area contributed by atoms with Gasteiger partial charge in [-0.3, -0.25) is 0 Å². The summed E-state index contributed by atoms with van der Waals surface area (Å²) in [6, 6.07) is 8.25. The van der Waals surface area contributed by atoms with Crippen molar-refractivity contribution in [3.63, 3.8) is 0 Å². The Labute approximate surface area is 146 Å². The summed E-state index contributed by atoms with van der Waals surface area (Å²) in [5.41, 5.74) is 2.13. The molecule has 2 nitrogen and oxygen atoms in total. The highest BCUT2D eigenvalue weighted by Crippen LogP contribution is 2.47. The van der Waals surface area contributed by atoms with Crippen LogP contribution in [0.5, 0.6) is 17.2 Å².